The van der Waals surface area contributed by atoms with Crippen LogP contribution >= 0.6 is 15.9 Å². The molecule has 2 aliphatic carbocycles. The number of aromatic hydroxyl groups is 2. The van der Waals surface area contributed by atoms with Crippen LogP contribution in [-0.2, 0) is 0 Å². The predicted molar refractivity (Wildman–Crippen MR) is 120 cm³/mol. The van der Waals surface area contributed by atoms with Crippen molar-refractivity contribution >= 4 is 28.5 Å². The molecule has 2 fully saturated rings. The molecule has 0 unspecified atom stereocenters. The van der Waals surface area contributed by atoms with Crippen molar-refractivity contribution in [3.8, 4) is 23.0 Å². The lowest BCUT2D eigenvalue weighted by atomic mass is 10.2. The number of rotatable bonds is 6. The zero-order valence-corrected chi connectivity index (χ0v) is 18.8. The van der Waals surface area contributed by atoms with E-state index in [0.29, 0.717) is 39.7 Å². The summed E-state index contributed by atoms with van der Waals surface area (Å²) >= 11 is 3.18. The summed E-state index contributed by atoms with van der Waals surface area (Å²) in [5.41, 5.74) is 0.891. The van der Waals surface area contributed by atoms with Crippen molar-refractivity contribution in [2.75, 3.05) is 0 Å². The van der Waals surface area contributed by atoms with E-state index in [0.717, 1.165) is 25.7 Å². The molecule has 0 bridgehead atoms. The van der Waals surface area contributed by atoms with E-state index in [9.17, 15) is 19.8 Å². The van der Waals surface area contributed by atoms with E-state index in [4.69, 9.17) is 9.47 Å². The summed E-state index contributed by atoms with van der Waals surface area (Å²) in [4.78, 5) is 21.1. The Morgan fingerprint density at radius 3 is 1.87 bits per heavy atom. The molecule has 4 rings (SSSR count). The van der Waals surface area contributed by atoms with Crippen molar-refractivity contribution < 1.29 is 29.3 Å². The Morgan fingerprint density at radius 1 is 0.806 bits per heavy atom. The number of aldehydes is 2. The van der Waals surface area contributed by atoms with Gasteiger partial charge < -0.3 is 19.7 Å². The molecule has 0 radical (unpaired) electrons. The summed E-state index contributed by atoms with van der Waals surface area (Å²) in [7, 11) is 0. The number of ether oxygens (including phenoxy) is 2. The molecule has 0 heterocycles. The molecule has 6 nitrogen and oxygen atoms in total. The van der Waals surface area contributed by atoms with Gasteiger partial charge in [0.1, 0.15) is 6.29 Å². The quantitative estimate of drug-likeness (QED) is 0.495. The van der Waals surface area contributed by atoms with Crippen molar-refractivity contribution in [3.05, 3.63) is 45.9 Å². The molecule has 0 amide bonds. The Balaban J connectivity index is 0.000000176. The van der Waals surface area contributed by atoms with Gasteiger partial charge in [-0.2, -0.15) is 0 Å². The Hall–Kier alpha value is -2.54. The number of phenols is 2. The SMILES string of the molecule is O=Cc1ccc(OC2CCCC2)c(O)c1.O=Cc1ccc(OC2CCCC2)c(O)c1Br. The van der Waals surface area contributed by atoms with E-state index in [-0.39, 0.29) is 23.7 Å². The molecule has 31 heavy (non-hydrogen) atoms. The molecule has 2 aromatic carbocycles. The van der Waals surface area contributed by atoms with Crippen molar-refractivity contribution in [1.29, 1.82) is 0 Å². The minimum Gasteiger partial charge on any atom is -0.504 e. The first-order valence-electron chi connectivity index (χ1n) is 10.6. The van der Waals surface area contributed by atoms with Gasteiger partial charge in [0.15, 0.2) is 29.3 Å². The molecule has 0 saturated heterocycles. The maximum atomic E-state index is 10.7. The molecule has 0 aliphatic heterocycles. The molecule has 0 spiro atoms. The summed E-state index contributed by atoms with van der Waals surface area (Å²) < 4.78 is 11.7. The number of hydrogen-bond acceptors (Lipinski definition) is 6. The fourth-order valence-corrected chi connectivity index (χ4v) is 4.25. The van der Waals surface area contributed by atoms with Gasteiger partial charge in [-0.25, -0.2) is 0 Å². The summed E-state index contributed by atoms with van der Waals surface area (Å²) in [6.07, 6.45) is 10.7. The van der Waals surface area contributed by atoms with Crippen LogP contribution in [0.5, 0.6) is 23.0 Å². The van der Waals surface area contributed by atoms with Gasteiger partial charge in [0.25, 0.3) is 0 Å². The van der Waals surface area contributed by atoms with Gasteiger partial charge >= 0.3 is 0 Å². The monoisotopic (exact) mass is 490 g/mol. The summed E-state index contributed by atoms with van der Waals surface area (Å²) in [6.45, 7) is 0. The number of carbonyl (C=O) groups excluding carboxylic acids is 2. The average molecular weight is 491 g/mol. The standard InChI is InChI=1S/C12H13BrO3.C12H14O3/c13-11-8(7-14)5-6-10(12(11)15)16-9-3-1-2-4-9;13-8-9-5-6-12(11(14)7-9)15-10-3-1-2-4-10/h5-7,9,15H,1-4H2;5-8,10,14H,1-4H2. The zero-order valence-electron chi connectivity index (χ0n) is 17.3. The highest BCUT2D eigenvalue weighted by atomic mass is 79.9. The van der Waals surface area contributed by atoms with Gasteiger partial charge in [-0.05, 0) is 97.6 Å². The fraction of sp³-hybridized carbons (Fsp3) is 0.417. The van der Waals surface area contributed by atoms with Gasteiger partial charge in [0.05, 0.1) is 16.7 Å². The van der Waals surface area contributed by atoms with Gasteiger partial charge in [-0.15, -0.1) is 0 Å². The van der Waals surface area contributed by atoms with Crippen LogP contribution < -0.4 is 9.47 Å². The lowest BCUT2D eigenvalue weighted by Gasteiger charge is -2.15. The highest BCUT2D eigenvalue weighted by molar-refractivity contribution is 9.10. The molecule has 2 aromatic rings. The van der Waals surface area contributed by atoms with E-state index in [1.807, 2.05) is 0 Å². The van der Waals surface area contributed by atoms with Crippen LogP contribution in [0, 0.1) is 0 Å². The average Bonchev–Trinajstić information content (AvgIpc) is 3.48. The minimum atomic E-state index is 0.0106. The second-order valence-corrected chi connectivity index (χ2v) is 8.62. The van der Waals surface area contributed by atoms with Gasteiger partial charge in [-0.1, -0.05) is 0 Å². The maximum absolute atomic E-state index is 10.7. The van der Waals surface area contributed by atoms with Crippen molar-refractivity contribution in [3.63, 3.8) is 0 Å². The minimum absolute atomic E-state index is 0.0106. The van der Waals surface area contributed by atoms with E-state index in [1.54, 1.807) is 24.3 Å². The zero-order chi connectivity index (χ0) is 22.2. The molecule has 0 atom stereocenters. The summed E-state index contributed by atoms with van der Waals surface area (Å²) in [6, 6.07) is 8.01. The Kier molecular flexibility index (Phi) is 8.35. The maximum Gasteiger partial charge on any atom is 0.172 e. The highest BCUT2D eigenvalue weighted by Gasteiger charge is 2.20. The third-order valence-corrected chi connectivity index (χ3v) is 6.38. The lowest BCUT2D eigenvalue weighted by molar-refractivity contribution is 0.111. The Labute approximate surface area is 190 Å². The molecule has 166 valence electrons. The van der Waals surface area contributed by atoms with Gasteiger partial charge in [0.2, 0.25) is 0 Å². The third kappa shape index (κ3) is 6.23. The van der Waals surface area contributed by atoms with Crippen LogP contribution in [0.1, 0.15) is 72.1 Å². The highest BCUT2D eigenvalue weighted by Crippen LogP contribution is 2.38. The number of phenolic OH excluding ortho intramolecular Hbond substituents is 2. The smallest absolute Gasteiger partial charge is 0.172 e. The number of carbonyl (C=O) groups is 2. The van der Waals surface area contributed by atoms with Crippen molar-refractivity contribution in [2.45, 2.75) is 63.6 Å². The van der Waals surface area contributed by atoms with E-state index in [2.05, 4.69) is 15.9 Å². The molecular formula is C24H27BrO6. The largest absolute Gasteiger partial charge is 0.504 e. The van der Waals surface area contributed by atoms with Crippen LogP contribution in [0.2, 0.25) is 0 Å². The summed E-state index contributed by atoms with van der Waals surface area (Å²) in [5, 5.41) is 19.4. The Bertz CT molecular complexity index is 901. The van der Waals surface area contributed by atoms with Crippen LogP contribution in [0.3, 0.4) is 0 Å². The first-order chi connectivity index (χ1) is 15.0. The van der Waals surface area contributed by atoms with Crippen LogP contribution in [-0.4, -0.2) is 35.0 Å². The topological polar surface area (TPSA) is 93.1 Å². The first-order valence-corrected chi connectivity index (χ1v) is 11.4. The first kappa shape index (κ1) is 23.1. The van der Waals surface area contributed by atoms with Gasteiger partial charge in [-0.3, -0.25) is 9.59 Å². The second kappa shape index (κ2) is 11.2. The van der Waals surface area contributed by atoms with E-state index in [1.165, 1.54) is 31.7 Å². The third-order valence-electron chi connectivity index (χ3n) is 5.55. The molecule has 7 heteroatoms. The second-order valence-electron chi connectivity index (χ2n) is 7.83. The molecule has 0 aromatic heterocycles. The van der Waals surface area contributed by atoms with Crippen LogP contribution in [0.15, 0.2) is 34.8 Å². The Morgan fingerprint density at radius 2 is 1.35 bits per heavy atom. The van der Waals surface area contributed by atoms with Crippen LogP contribution in [0.4, 0.5) is 0 Å². The van der Waals surface area contributed by atoms with Gasteiger partial charge in [0, 0.05) is 11.1 Å². The van der Waals surface area contributed by atoms with E-state index < -0.39 is 0 Å². The fourth-order valence-electron chi connectivity index (χ4n) is 3.83. The number of halogens is 1. The molecule has 2 saturated carbocycles. The van der Waals surface area contributed by atoms with Crippen LogP contribution in [0.25, 0.3) is 0 Å². The predicted octanol–water partition coefficient (Wildman–Crippen LogP) is 5.81. The molecule has 2 aliphatic rings. The van der Waals surface area contributed by atoms with E-state index >= 15 is 0 Å². The lowest BCUT2D eigenvalue weighted by Crippen LogP contribution is -2.11. The normalized spacial score (nSPS) is 16.4. The number of hydrogen-bond donors (Lipinski definition) is 2. The molecular weight excluding hydrogens is 464 g/mol. The number of benzene rings is 2. The van der Waals surface area contributed by atoms with Crippen molar-refractivity contribution in [1.82, 2.24) is 0 Å². The van der Waals surface area contributed by atoms with Crippen molar-refractivity contribution in [2.24, 2.45) is 0 Å². The molecule has 2 N–H and O–H groups in total. The summed E-state index contributed by atoms with van der Waals surface area (Å²) in [5.74, 6) is 0.986.